The Hall–Kier alpha value is -4.46. The highest BCUT2D eigenvalue weighted by Crippen LogP contribution is 2.46. The Morgan fingerprint density at radius 2 is 2.20 bits per heavy atom. The van der Waals surface area contributed by atoms with Gasteiger partial charge in [-0.1, -0.05) is 0 Å². The first-order valence-corrected chi connectivity index (χ1v) is 10.8. The molecule has 0 unspecified atom stereocenters. The molecule has 35 heavy (non-hydrogen) atoms. The Labute approximate surface area is 198 Å². The maximum absolute atomic E-state index is 14.3. The number of fused-ring (bicyclic) bond motifs is 2. The van der Waals surface area contributed by atoms with Gasteiger partial charge in [-0.15, -0.1) is 0 Å². The second-order valence-electron chi connectivity index (χ2n) is 8.05. The van der Waals surface area contributed by atoms with Crippen LogP contribution in [0.3, 0.4) is 0 Å². The van der Waals surface area contributed by atoms with E-state index in [9.17, 15) is 18.8 Å². The minimum atomic E-state index is -2.90. The van der Waals surface area contributed by atoms with Gasteiger partial charge in [-0.3, -0.25) is 4.79 Å². The third-order valence-electron chi connectivity index (χ3n) is 5.80. The summed E-state index contributed by atoms with van der Waals surface area (Å²) in [5.41, 5.74) is 1.71. The molecule has 4 aromatic rings. The van der Waals surface area contributed by atoms with Crippen LogP contribution in [-0.4, -0.2) is 45.4 Å². The quantitative estimate of drug-likeness (QED) is 0.450. The lowest BCUT2D eigenvalue weighted by molar-refractivity contribution is -0.120. The second-order valence-corrected chi connectivity index (χ2v) is 8.05. The smallest absolute Gasteiger partial charge is 0.282 e. The lowest BCUT2D eigenvalue weighted by Gasteiger charge is -2.25. The van der Waals surface area contributed by atoms with E-state index < -0.39 is 18.2 Å². The molecule has 0 bridgehead atoms. The van der Waals surface area contributed by atoms with Crippen molar-refractivity contribution >= 4 is 16.9 Å². The average Bonchev–Trinajstić information content (AvgIpc) is 3.41. The van der Waals surface area contributed by atoms with Gasteiger partial charge < -0.3 is 19.8 Å². The molecule has 4 heterocycles. The molecule has 1 aliphatic heterocycles. The van der Waals surface area contributed by atoms with Gasteiger partial charge in [0.25, 0.3) is 6.43 Å². The van der Waals surface area contributed by atoms with Gasteiger partial charge in [-0.05, 0) is 30.3 Å². The molecule has 1 atom stereocenters. The minimum Gasteiger partial charge on any atom is -0.497 e. The molecule has 3 aromatic heterocycles. The van der Waals surface area contributed by atoms with Crippen LogP contribution >= 0.6 is 0 Å². The number of carbonyl (C=O) groups is 1. The molecule has 5 rings (SSSR count). The van der Waals surface area contributed by atoms with Gasteiger partial charge in [-0.2, -0.15) is 10.4 Å². The summed E-state index contributed by atoms with van der Waals surface area (Å²) in [5.74, 6) is 0.398. The number of methoxy groups -OCH3 is 1. The van der Waals surface area contributed by atoms with E-state index in [1.54, 1.807) is 36.5 Å². The van der Waals surface area contributed by atoms with Crippen molar-refractivity contribution in [3.63, 3.8) is 0 Å². The Morgan fingerprint density at radius 3 is 2.91 bits per heavy atom. The van der Waals surface area contributed by atoms with Crippen LogP contribution < -0.4 is 14.8 Å². The molecule has 2 N–H and O–H groups in total. The Bertz CT molecular complexity index is 1490. The maximum Gasteiger partial charge on any atom is 0.282 e. The SMILES string of the molecule is COc1ccc(C#N)c(-c2c(-c3c(C(F)F)nn4c3OC[C@@H](NC(C)=O)C4)[nH]c3ncccc23)c1. The number of aromatic nitrogens is 4. The molecule has 9 nitrogen and oxygen atoms in total. The normalized spacial score (nSPS) is 14.9. The molecule has 1 aromatic carbocycles. The minimum absolute atomic E-state index is 0.0842. The fraction of sp³-hybridized carbons (Fsp3) is 0.250. The molecule has 0 spiro atoms. The van der Waals surface area contributed by atoms with Gasteiger partial charge in [-0.25, -0.2) is 18.4 Å². The fourth-order valence-corrected chi connectivity index (χ4v) is 4.38. The molecule has 11 heteroatoms. The first-order valence-electron chi connectivity index (χ1n) is 10.8. The van der Waals surface area contributed by atoms with Crippen LogP contribution in [0, 0.1) is 11.3 Å². The van der Waals surface area contributed by atoms with Gasteiger partial charge in [0.1, 0.15) is 23.7 Å². The Balaban J connectivity index is 1.78. The number of alkyl halides is 2. The lowest BCUT2D eigenvalue weighted by atomic mass is 9.95. The van der Waals surface area contributed by atoms with E-state index in [-0.39, 0.29) is 30.5 Å². The third kappa shape index (κ3) is 3.82. The van der Waals surface area contributed by atoms with E-state index in [1.807, 2.05) is 0 Å². The first-order chi connectivity index (χ1) is 16.9. The molecule has 0 saturated carbocycles. The molecule has 0 fully saturated rings. The van der Waals surface area contributed by atoms with Crippen molar-refractivity contribution in [1.29, 1.82) is 5.26 Å². The van der Waals surface area contributed by atoms with Crippen molar-refractivity contribution in [1.82, 2.24) is 25.1 Å². The van der Waals surface area contributed by atoms with Crippen LogP contribution in [0.5, 0.6) is 11.6 Å². The number of nitrogens with one attached hydrogen (secondary N) is 2. The van der Waals surface area contributed by atoms with Crippen LogP contribution in [0.1, 0.15) is 24.6 Å². The Morgan fingerprint density at radius 1 is 1.37 bits per heavy atom. The summed E-state index contributed by atoms with van der Waals surface area (Å²) in [7, 11) is 1.51. The summed E-state index contributed by atoms with van der Waals surface area (Å²) in [6.45, 7) is 1.64. The van der Waals surface area contributed by atoms with Crippen molar-refractivity contribution < 1.29 is 23.0 Å². The van der Waals surface area contributed by atoms with Gasteiger partial charge in [0.05, 0.1) is 42.6 Å². The number of halogens is 2. The van der Waals surface area contributed by atoms with Gasteiger partial charge in [0.15, 0.2) is 0 Å². The monoisotopic (exact) mass is 478 g/mol. The molecular formula is C24H20F2N6O3. The molecule has 1 amide bonds. The topological polar surface area (TPSA) is 118 Å². The number of carbonyl (C=O) groups excluding carboxylic acids is 1. The van der Waals surface area contributed by atoms with E-state index in [0.29, 0.717) is 39.2 Å². The van der Waals surface area contributed by atoms with E-state index in [2.05, 4.69) is 26.5 Å². The summed E-state index contributed by atoms with van der Waals surface area (Å²) in [6.07, 6.45) is -1.32. The molecular weight excluding hydrogens is 458 g/mol. The van der Waals surface area contributed by atoms with E-state index in [0.717, 1.165) is 0 Å². The molecule has 0 saturated heterocycles. The molecule has 178 valence electrons. The number of nitrogens with zero attached hydrogens (tertiary/aromatic N) is 4. The van der Waals surface area contributed by atoms with Crippen LogP contribution in [0.2, 0.25) is 0 Å². The van der Waals surface area contributed by atoms with Crippen molar-refractivity contribution in [3.05, 3.63) is 47.8 Å². The third-order valence-corrected chi connectivity index (χ3v) is 5.80. The number of aromatic amines is 1. The highest BCUT2D eigenvalue weighted by atomic mass is 19.3. The van der Waals surface area contributed by atoms with Crippen molar-refractivity contribution in [2.45, 2.75) is 25.9 Å². The zero-order chi connectivity index (χ0) is 24.7. The maximum atomic E-state index is 14.3. The van der Waals surface area contributed by atoms with Gasteiger partial charge in [0.2, 0.25) is 11.8 Å². The highest BCUT2D eigenvalue weighted by Gasteiger charge is 2.34. The summed E-state index contributed by atoms with van der Waals surface area (Å²) in [4.78, 5) is 19.0. The zero-order valence-electron chi connectivity index (χ0n) is 18.8. The second kappa shape index (κ2) is 8.72. The van der Waals surface area contributed by atoms with Crippen molar-refractivity contribution in [2.75, 3.05) is 13.7 Å². The van der Waals surface area contributed by atoms with Gasteiger partial charge in [0, 0.05) is 29.6 Å². The van der Waals surface area contributed by atoms with Crippen LogP contribution in [0.15, 0.2) is 36.5 Å². The lowest BCUT2D eigenvalue weighted by Crippen LogP contribution is -2.44. The van der Waals surface area contributed by atoms with E-state index in [4.69, 9.17) is 9.47 Å². The highest BCUT2D eigenvalue weighted by molar-refractivity contribution is 6.04. The predicted molar refractivity (Wildman–Crippen MR) is 122 cm³/mol. The summed E-state index contributed by atoms with van der Waals surface area (Å²) in [5, 5.41) is 17.3. The number of pyridine rings is 1. The standard InChI is InChI=1S/C24H20F2N6O3/c1-12(33)29-14-10-32-24(35-11-14)19(21(31-32)22(25)26)20-18(16-4-3-7-28-23(16)30-20)17-8-15(34-2)6-5-13(17)9-27/h3-8,14,22H,10-11H2,1-2H3,(H,28,30)(H,29,33)/t14-/m0/s1. The van der Waals surface area contributed by atoms with Crippen LogP contribution in [0.4, 0.5) is 8.78 Å². The number of rotatable bonds is 5. The predicted octanol–water partition coefficient (Wildman–Crippen LogP) is 3.81. The van der Waals surface area contributed by atoms with E-state index >= 15 is 0 Å². The number of hydrogen-bond donors (Lipinski definition) is 2. The van der Waals surface area contributed by atoms with E-state index in [1.165, 1.54) is 18.7 Å². The zero-order valence-corrected chi connectivity index (χ0v) is 18.8. The molecule has 0 aliphatic carbocycles. The molecule has 1 aliphatic rings. The number of hydrogen-bond acceptors (Lipinski definition) is 6. The average molecular weight is 478 g/mol. The number of H-pyrrole nitrogens is 1. The molecule has 0 radical (unpaired) electrons. The fourth-order valence-electron chi connectivity index (χ4n) is 4.38. The van der Waals surface area contributed by atoms with Crippen molar-refractivity contribution in [3.8, 4) is 40.1 Å². The number of benzene rings is 1. The Kier molecular flexibility index (Phi) is 5.56. The number of amides is 1. The van der Waals surface area contributed by atoms with Crippen molar-refractivity contribution in [2.24, 2.45) is 0 Å². The summed E-state index contributed by atoms with van der Waals surface area (Å²) < 4.78 is 41.1. The largest absolute Gasteiger partial charge is 0.497 e. The van der Waals surface area contributed by atoms with Crippen LogP contribution in [-0.2, 0) is 11.3 Å². The van der Waals surface area contributed by atoms with Gasteiger partial charge >= 0.3 is 0 Å². The van der Waals surface area contributed by atoms with Crippen LogP contribution in [0.25, 0.3) is 33.4 Å². The summed E-state index contributed by atoms with van der Waals surface area (Å²) >= 11 is 0. The first kappa shape index (κ1) is 22.3. The summed E-state index contributed by atoms with van der Waals surface area (Å²) in [6, 6.07) is 10.2. The number of ether oxygens (including phenoxy) is 2. The number of nitriles is 1.